The molecule has 1 aliphatic rings. The zero-order chi connectivity index (χ0) is 13.9. The Labute approximate surface area is 112 Å². The van der Waals surface area contributed by atoms with Crippen LogP contribution in [0.15, 0.2) is 6.20 Å². The van der Waals surface area contributed by atoms with Crippen LogP contribution in [-0.2, 0) is 4.74 Å². The summed E-state index contributed by atoms with van der Waals surface area (Å²) < 4.78 is 4.93. The van der Waals surface area contributed by atoms with Crippen LogP contribution in [0.25, 0.3) is 0 Å². The van der Waals surface area contributed by atoms with Crippen molar-refractivity contribution in [3.05, 3.63) is 17.5 Å². The summed E-state index contributed by atoms with van der Waals surface area (Å²) in [6.45, 7) is 4.53. The van der Waals surface area contributed by atoms with Crippen LogP contribution < -0.4 is 11.1 Å². The third-order valence-electron chi connectivity index (χ3n) is 3.42. The second-order valence-electron chi connectivity index (χ2n) is 4.98. The maximum atomic E-state index is 11.6. The molecule has 3 N–H and O–H groups in total. The highest BCUT2D eigenvalue weighted by Crippen LogP contribution is 2.28. The van der Waals surface area contributed by atoms with Crippen LogP contribution in [0.4, 0.5) is 5.95 Å². The zero-order valence-corrected chi connectivity index (χ0v) is 11.4. The van der Waals surface area contributed by atoms with Gasteiger partial charge in [0.05, 0.1) is 17.9 Å². The number of carbonyl (C=O) groups excluding carboxylic acids is 1. The van der Waals surface area contributed by atoms with E-state index in [2.05, 4.69) is 15.3 Å². The molecule has 0 saturated heterocycles. The molecule has 0 atom stereocenters. The summed E-state index contributed by atoms with van der Waals surface area (Å²) in [6.07, 6.45) is 4.73. The third-order valence-corrected chi connectivity index (χ3v) is 3.42. The van der Waals surface area contributed by atoms with Crippen LogP contribution in [0.5, 0.6) is 0 Å². The number of aryl methyl sites for hydroxylation is 1. The molecule has 1 fully saturated rings. The molecule has 0 unspecified atom stereocenters. The molecule has 6 nitrogen and oxygen atoms in total. The number of aromatic nitrogens is 2. The molecule has 0 radical (unpaired) electrons. The highest BCUT2D eigenvalue weighted by molar-refractivity contribution is 5.90. The molecule has 1 aromatic rings. The molecule has 0 spiro atoms. The molecule has 1 heterocycles. The van der Waals surface area contributed by atoms with E-state index in [1.54, 1.807) is 13.8 Å². The first-order valence-electron chi connectivity index (χ1n) is 6.57. The second kappa shape index (κ2) is 5.52. The van der Waals surface area contributed by atoms with Crippen LogP contribution in [0.1, 0.15) is 42.2 Å². The predicted molar refractivity (Wildman–Crippen MR) is 72.0 cm³/mol. The van der Waals surface area contributed by atoms with Crippen molar-refractivity contribution in [2.45, 2.75) is 38.6 Å². The van der Waals surface area contributed by atoms with E-state index in [4.69, 9.17) is 10.5 Å². The Morgan fingerprint density at radius 3 is 2.84 bits per heavy atom. The summed E-state index contributed by atoms with van der Waals surface area (Å²) in [5, 5.41) is 3.13. The van der Waals surface area contributed by atoms with E-state index < -0.39 is 0 Å². The molecular formula is C13H20N4O2. The summed E-state index contributed by atoms with van der Waals surface area (Å²) in [5.41, 5.74) is 6.99. The molecule has 1 aromatic heterocycles. The maximum Gasteiger partial charge on any atom is 0.341 e. The van der Waals surface area contributed by atoms with Gasteiger partial charge in [0.2, 0.25) is 5.95 Å². The summed E-state index contributed by atoms with van der Waals surface area (Å²) in [6, 6.07) is 0. The van der Waals surface area contributed by atoms with Gasteiger partial charge in [-0.15, -0.1) is 0 Å². The van der Waals surface area contributed by atoms with Crippen molar-refractivity contribution >= 4 is 11.9 Å². The SMILES string of the molecule is CCOC(=O)c1cnc(NCC2(N)CCC2)nc1C. The standard InChI is InChI=1S/C13H20N4O2/c1-3-19-11(18)10-7-15-12(17-9(10)2)16-8-13(14)5-4-6-13/h7H,3-6,8,14H2,1-2H3,(H,15,16,17). The van der Waals surface area contributed by atoms with Crippen LogP contribution in [0.3, 0.4) is 0 Å². The van der Waals surface area contributed by atoms with Crippen molar-refractivity contribution in [3.8, 4) is 0 Å². The van der Waals surface area contributed by atoms with Gasteiger partial charge in [-0.05, 0) is 33.1 Å². The van der Waals surface area contributed by atoms with Crippen molar-refractivity contribution in [3.63, 3.8) is 0 Å². The van der Waals surface area contributed by atoms with Gasteiger partial charge in [0.15, 0.2) is 0 Å². The van der Waals surface area contributed by atoms with E-state index in [1.807, 2.05) is 0 Å². The third kappa shape index (κ3) is 3.20. The van der Waals surface area contributed by atoms with Gasteiger partial charge in [-0.25, -0.2) is 14.8 Å². The van der Waals surface area contributed by atoms with Crippen molar-refractivity contribution in [1.29, 1.82) is 0 Å². The van der Waals surface area contributed by atoms with Crippen molar-refractivity contribution < 1.29 is 9.53 Å². The van der Waals surface area contributed by atoms with Crippen LogP contribution >= 0.6 is 0 Å². The monoisotopic (exact) mass is 264 g/mol. The zero-order valence-electron chi connectivity index (χ0n) is 11.4. The number of ether oxygens (including phenoxy) is 1. The fraction of sp³-hybridized carbons (Fsp3) is 0.615. The first kappa shape index (κ1) is 13.7. The van der Waals surface area contributed by atoms with Gasteiger partial charge >= 0.3 is 5.97 Å². The van der Waals surface area contributed by atoms with E-state index in [9.17, 15) is 4.79 Å². The largest absolute Gasteiger partial charge is 0.462 e. The number of hydrogen-bond donors (Lipinski definition) is 2. The Kier molecular flexibility index (Phi) is 3.99. The summed E-state index contributed by atoms with van der Waals surface area (Å²) in [7, 11) is 0. The van der Waals surface area contributed by atoms with Crippen LogP contribution in [0.2, 0.25) is 0 Å². The Bertz CT molecular complexity index is 472. The Balaban J connectivity index is 2.00. The molecule has 1 saturated carbocycles. The number of rotatable bonds is 5. The van der Waals surface area contributed by atoms with Crippen LogP contribution in [-0.4, -0.2) is 34.6 Å². The highest BCUT2D eigenvalue weighted by atomic mass is 16.5. The lowest BCUT2D eigenvalue weighted by atomic mass is 9.78. The molecule has 2 rings (SSSR count). The fourth-order valence-electron chi connectivity index (χ4n) is 2.02. The summed E-state index contributed by atoms with van der Waals surface area (Å²) in [4.78, 5) is 20.0. The topological polar surface area (TPSA) is 90.1 Å². The van der Waals surface area contributed by atoms with Crippen LogP contribution in [0, 0.1) is 6.92 Å². The molecule has 0 aliphatic heterocycles. The van der Waals surface area contributed by atoms with Gasteiger partial charge in [0.25, 0.3) is 0 Å². The highest BCUT2D eigenvalue weighted by Gasteiger charge is 2.32. The maximum absolute atomic E-state index is 11.6. The Morgan fingerprint density at radius 2 is 2.32 bits per heavy atom. The molecule has 6 heteroatoms. The minimum absolute atomic E-state index is 0.128. The fourth-order valence-corrected chi connectivity index (χ4v) is 2.02. The van der Waals surface area contributed by atoms with E-state index >= 15 is 0 Å². The van der Waals surface area contributed by atoms with Gasteiger partial charge in [-0.3, -0.25) is 0 Å². The van der Waals surface area contributed by atoms with E-state index in [-0.39, 0.29) is 11.5 Å². The lowest BCUT2D eigenvalue weighted by molar-refractivity contribution is 0.0524. The molecule has 0 aromatic carbocycles. The number of esters is 1. The van der Waals surface area contributed by atoms with Gasteiger partial charge in [0.1, 0.15) is 0 Å². The molecule has 0 amide bonds. The molecule has 104 valence electrons. The van der Waals surface area contributed by atoms with Crippen molar-refractivity contribution in [2.24, 2.45) is 5.73 Å². The first-order chi connectivity index (χ1) is 9.04. The van der Waals surface area contributed by atoms with E-state index in [0.717, 1.165) is 12.8 Å². The minimum Gasteiger partial charge on any atom is -0.462 e. The average Bonchev–Trinajstić information content (AvgIpc) is 2.34. The molecular weight excluding hydrogens is 244 g/mol. The summed E-state index contributed by atoms with van der Waals surface area (Å²) in [5.74, 6) is 0.114. The van der Waals surface area contributed by atoms with E-state index in [1.165, 1.54) is 12.6 Å². The lowest BCUT2D eigenvalue weighted by Crippen LogP contribution is -2.52. The Hall–Kier alpha value is -1.69. The van der Waals surface area contributed by atoms with Gasteiger partial charge in [-0.1, -0.05) is 0 Å². The molecule has 19 heavy (non-hydrogen) atoms. The number of carbonyl (C=O) groups is 1. The quantitative estimate of drug-likeness (QED) is 0.778. The Morgan fingerprint density at radius 1 is 1.58 bits per heavy atom. The number of hydrogen-bond acceptors (Lipinski definition) is 6. The molecule has 1 aliphatic carbocycles. The summed E-state index contributed by atoms with van der Waals surface area (Å²) >= 11 is 0. The second-order valence-corrected chi connectivity index (χ2v) is 4.98. The van der Waals surface area contributed by atoms with Gasteiger partial charge in [0, 0.05) is 18.3 Å². The normalized spacial score (nSPS) is 16.6. The molecule has 0 bridgehead atoms. The number of nitrogens with one attached hydrogen (secondary N) is 1. The van der Waals surface area contributed by atoms with Gasteiger partial charge < -0.3 is 15.8 Å². The first-order valence-corrected chi connectivity index (χ1v) is 6.57. The number of nitrogens with zero attached hydrogens (tertiary/aromatic N) is 2. The average molecular weight is 264 g/mol. The number of anilines is 1. The minimum atomic E-state index is -0.388. The van der Waals surface area contributed by atoms with Crippen molar-refractivity contribution in [2.75, 3.05) is 18.5 Å². The smallest absolute Gasteiger partial charge is 0.341 e. The van der Waals surface area contributed by atoms with E-state index in [0.29, 0.717) is 30.4 Å². The lowest BCUT2D eigenvalue weighted by Gasteiger charge is -2.38. The number of nitrogens with two attached hydrogens (primary N) is 1. The van der Waals surface area contributed by atoms with Gasteiger partial charge in [-0.2, -0.15) is 0 Å². The van der Waals surface area contributed by atoms with Crippen molar-refractivity contribution in [1.82, 2.24) is 9.97 Å². The predicted octanol–water partition coefficient (Wildman–Crippen LogP) is 1.26.